The maximum Gasteiger partial charge on any atom is 0.226 e. The molecule has 0 saturated carbocycles. The Balaban J connectivity index is 1.34. The molecule has 7 nitrogen and oxygen atoms in total. The van der Waals surface area contributed by atoms with E-state index in [-0.39, 0.29) is 5.92 Å². The van der Waals surface area contributed by atoms with Crippen LogP contribution in [0.2, 0.25) is 0 Å². The van der Waals surface area contributed by atoms with Crippen molar-refractivity contribution in [1.82, 2.24) is 25.1 Å². The average molecular weight is 404 g/mol. The van der Waals surface area contributed by atoms with Gasteiger partial charge in [-0.05, 0) is 49.4 Å². The fourth-order valence-electron chi connectivity index (χ4n) is 4.37. The lowest BCUT2D eigenvalue weighted by Gasteiger charge is -2.35. The fraction of sp³-hybridized carbons (Fsp3) is 0.333. The van der Waals surface area contributed by atoms with Crippen LogP contribution in [0.25, 0.3) is 21.1 Å². The summed E-state index contributed by atoms with van der Waals surface area (Å²) in [7, 11) is 0. The largest absolute Gasteiger partial charge is 0.342 e. The van der Waals surface area contributed by atoms with Gasteiger partial charge in [-0.15, -0.1) is 11.3 Å². The number of anilines is 2. The Kier molecular flexibility index (Phi) is 3.80. The van der Waals surface area contributed by atoms with Crippen LogP contribution in [0.1, 0.15) is 23.3 Å². The van der Waals surface area contributed by atoms with Crippen LogP contribution in [0.5, 0.6) is 0 Å². The third-order valence-electron chi connectivity index (χ3n) is 6.07. The molecule has 2 N–H and O–H groups in total. The molecule has 4 heterocycles. The zero-order chi connectivity index (χ0) is 19.4. The van der Waals surface area contributed by atoms with E-state index in [1.807, 2.05) is 23.2 Å². The van der Waals surface area contributed by atoms with Crippen molar-refractivity contribution in [2.75, 3.05) is 18.4 Å². The van der Waals surface area contributed by atoms with Crippen molar-refractivity contribution in [3.05, 3.63) is 41.2 Å². The number of aryl methyl sites for hydroxylation is 1. The SMILES string of the molecule is O=C(C1CCc2c(sc3ncnc(Nc4ccc5[nH]ncc5c4)c23)C1)N1CCC1. The highest BCUT2D eigenvalue weighted by atomic mass is 32.1. The third-order valence-corrected chi connectivity index (χ3v) is 7.23. The van der Waals surface area contributed by atoms with Gasteiger partial charge in [0.15, 0.2) is 0 Å². The molecule has 1 atom stereocenters. The van der Waals surface area contributed by atoms with Gasteiger partial charge in [0, 0.05) is 35.0 Å². The summed E-state index contributed by atoms with van der Waals surface area (Å²) in [5.41, 5.74) is 3.29. The van der Waals surface area contributed by atoms with E-state index in [0.717, 1.165) is 71.4 Å². The monoisotopic (exact) mass is 404 g/mol. The number of nitrogens with one attached hydrogen (secondary N) is 2. The van der Waals surface area contributed by atoms with Gasteiger partial charge in [-0.3, -0.25) is 9.89 Å². The molecule has 1 aliphatic carbocycles. The molecule has 0 bridgehead atoms. The smallest absolute Gasteiger partial charge is 0.226 e. The first-order valence-corrected chi connectivity index (χ1v) is 10.8. The molecule has 1 fully saturated rings. The number of carbonyl (C=O) groups excluding carboxylic acids is 1. The second-order valence-electron chi connectivity index (χ2n) is 7.82. The maximum absolute atomic E-state index is 12.7. The number of likely N-dealkylation sites (tertiary alicyclic amines) is 1. The number of nitrogens with zero attached hydrogens (tertiary/aromatic N) is 4. The van der Waals surface area contributed by atoms with Crippen LogP contribution < -0.4 is 5.32 Å². The number of hydrogen-bond donors (Lipinski definition) is 2. The summed E-state index contributed by atoms with van der Waals surface area (Å²) < 4.78 is 0. The fourth-order valence-corrected chi connectivity index (χ4v) is 5.63. The molecule has 146 valence electrons. The Morgan fingerprint density at radius 2 is 2.21 bits per heavy atom. The van der Waals surface area contributed by atoms with Gasteiger partial charge in [-0.1, -0.05) is 0 Å². The van der Waals surface area contributed by atoms with E-state index >= 15 is 0 Å². The first-order valence-electron chi connectivity index (χ1n) is 10.0. The van der Waals surface area contributed by atoms with E-state index in [1.165, 1.54) is 10.4 Å². The van der Waals surface area contributed by atoms with E-state index in [0.29, 0.717) is 5.91 Å². The number of hydrogen-bond acceptors (Lipinski definition) is 6. The minimum Gasteiger partial charge on any atom is -0.342 e. The lowest BCUT2D eigenvalue weighted by atomic mass is 9.86. The predicted octanol–water partition coefficient (Wildman–Crippen LogP) is 3.65. The van der Waals surface area contributed by atoms with Crippen LogP contribution in [-0.4, -0.2) is 44.1 Å². The average Bonchev–Trinajstić information content (AvgIpc) is 3.30. The Labute approximate surface area is 171 Å². The number of benzene rings is 1. The van der Waals surface area contributed by atoms with Crippen LogP contribution in [-0.2, 0) is 17.6 Å². The molecule has 6 rings (SSSR count). The van der Waals surface area contributed by atoms with Gasteiger partial charge in [-0.2, -0.15) is 5.10 Å². The van der Waals surface area contributed by atoms with Crippen LogP contribution in [0.3, 0.4) is 0 Å². The molecule has 1 saturated heterocycles. The van der Waals surface area contributed by atoms with Crippen LogP contribution >= 0.6 is 11.3 Å². The normalized spacial score (nSPS) is 18.6. The molecule has 8 heteroatoms. The molecule has 1 amide bonds. The van der Waals surface area contributed by atoms with Crippen molar-refractivity contribution in [1.29, 1.82) is 0 Å². The molecule has 29 heavy (non-hydrogen) atoms. The van der Waals surface area contributed by atoms with Crippen molar-refractivity contribution in [2.24, 2.45) is 5.92 Å². The predicted molar refractivity (Wildman–Crippen MR) is 114 cm³/mol. The lowest BCUT2D eigenvalue weighted by molar-refractivity contribution is -0.139. The molecular formula is C21H20N6OS. The van der Waals surface area contributed by atoms with Crippen LogP contribution in [0.4, 0.5) is 11.5 Å². The number of aromatic nitrogens is 4. The number of thiophene rings is 1. The zero-order valence-corrected chi connectivity index (χ0v) is 16.6. The second kappa shape index (κ2) is 6.52. The van der Waals surface area contributed by atoms with Crippen molar-refractivity contribution >= 4 is 49.9 Å². The number of amides is 1. The summed E-state index contributed by atoms with van der Waals surface area (Å²) in [6.45, 7) is 1.85. The van der Waals surface area contributed by atoms with E-state index in [9.17, 15) is 4.79 Å². The Morgan fingerprint density at radius 1 is 1.28 bits per heavy atom. The molecule has 0 spiro atoms. The minimum absolute atomic E-state index is 0.115. The second-order valence-corrected chi connectivity index (χ2v) is 8.91. The molecular weight excluding hydrogens is 384 g/mol. The molecule has 1 unspecified atom stereocenters. The number of rotatable bonds is 3. The summed E-state index contributed by atoms with van der Waals surface area (Å²) in [6, 6.07) is 6.10. The van der Waals surface area contributed by atoms with Crippen LogP contribution in [0.15, 0.2) is 30.7 Å². The third kappa shape index (κ3) is 2.78. The number of aromatic amines is 1. The maximum atomic E-state index is 12.7. The highest BCUT2D eigenvalue weighted by Gasteiger charge is 2.33. The van der Waals surface area contributed by atoms with Gasteiger partial charge in [0.25, 0.3) is 0 Å². The highest BCUT2D eigenvalue weighted by Crippen LogP contribution is 2.41. The summed E-state index contributed by atoms with van der Waals surface area (Å²) in [4.78, 5) is 26.0. The Bertz CT molecular complexity index is 1240. The number of carbonyl (C=O) groups is 1. The van der Waals surface area contributed by atoms with Gasteiger partial charge in [0.05, 0.1) is 17.1 Å². The van der Waals surface area contributed by atoms with E-state index in [1.54, 1.807) is 17.7 Å². The molecule has 4 aromatic rings. The van der Waals surface area contributed by atoms with E-state index in [2.05, 4.69) is 31.5 Å². The summed E-state index contributed by atoms with van der Waals surface area (Å²) in [6.07, 6.45) is 7.21. The standard InChI is InChI=1S/C21H20N6OS/c28-21(27-6-1-7-27)12-2-4-15-17(9-12)29-20-18(15)19(22-11-23-20)25-14-3-5-16-13(8-14)10-24-26-16/h3,5,8,10-12H,1-2,4,6-7,9H2,(H,24,26)(H,22,23,25). The van der Waals surface area contributed by atoms with Gasteiger partial charge >= 0.3 is 0 Å². The van der Waals surface area contributed by atoms with Crippen molar-refractivity contribution in [3.63, 3.8) is 0 Å². The van der Waals surface area contributed by atoms with Gasteiger partial charge in [0.1, 0.15) is 17.0 Å². The molecule has 1 aliphatic heterocycles. The Hall–Kier alpha value is -3.00. The van der Waals surface area contributed by atoms with Gasteiger partial charge < -0.3 is 10.2 Å². The summed E-state index contributed by atoms with van der Waals surface area (Å²) in [5, 5.41) is 12.7. The van der Waals surface area contributed by atoms with Crippen molar-refractivity contribution in [3.8, 4) is 0 Å². The highest BCUT2D eigenvalue weighted by molar-refractivity contribution is 7.19. The molecule has 3 aromatic heterocycles. The number of H-pyrrole nitrogens is 1. The van der Waals surface area contributed by atoms with E-state index in [4.69, 9.17) is 0 Å². The minimum atomic E-state index is 0.115. The molecule has 0 radical (unpaired) electrons. The Morgan fingerprint density at radius 3 is 3.07 bits per heavy atom. The first-order chi connectivity index (χ1) is 14.3. The lowest BCUT2D eigenvalue weighted by Crippen LogP contribution is -2.46. The topological polar surface area (TPSA) is 86.8 Å². The molecule has 1 aromatic carbocycles. The molecule has 2 aliphatic rings. The van der Waals surface area contributed by atoms with E-state index < -0.39 is 0 Å². The zero-order valence-electron chi connectivity index (χ0n) is 15.8. The van der Waals surface area contributed by atoms with Gasteiger partial charge in [-0.25, -0.2) is 9.97 Å². The quantitative estimate of drug-likeness (QED) is 0.544. The number of fused-ring (bicyclic) bond motifs is 4. The van der Waals surface area contributed by atoms with Crippen LogP contribution in [0, 0.1) is 5.92 Å². The van der Waals surface area contributed by atoms with Gasteiger partial charge in [0.2, 0.25) is 5.91 Å². The summed E-state index contributed by atoms with van der Waals surface area (Å²) >= 11 is 1.71. The van der Waals surface area contributed by atoms with Crippen molar-refractivity contribution < 1.29 is 4.79 Å². The summed E-state index contributed by atoms with van der Waals surface area (Å²) in [5.74, 6) is 1.28. The van der Waals surface area contributed by atoms with Crippen molar-refractivity contribution in [2.45, 2.75) is 25.7 Å². The first kappa shape index (κ1) is 16.9.